The van der Waals surface area contributed by atoms with Crippen LogP contribution in [0.1, 0.15) is 33.4 Å². The molecule has 0 saturated carbocycles. The van der Waals surface area contributed by atoms with Gasteiger partial charge < -0.3 is 15.0 Å². The van der Waals surface area contributed by atoms with E-state index in [-0.39, 0.29) is 20.1 Å². The third-order valence-corrected chi connectivity index (χ3v) is 18.2. The maximum absolute atomic E-state index is 4.81. The van der Waals surface area contributed by atoms with Crippen molar-refractivity contribution < 1.29 is 20.1 Å². The number of hydrogen-bond donors (Lipinski definition) is 0. The van der Waals surface area contributed by atoms with E-state index in [9.17, 15) is 0 Å². The largest absolute Gasteiger partial charge is 3.00 e. The van der Waals surface area contributed by atoms with Crippen LogP contribution in [0.25, 0.3) is 134 Å². The van der Waals surface area contributed by atoms with Gasteiger partial charge in [-0.25, -0.2) is 0 Å². The Kier molecular flexibility index (Phi) is 19.6. The summed E-state index contributed by atoms with van der Waals surface area (Å²) >= 11 is 0. The Morgan fingerprint density at radius 3 is 0.670 bits per heavy atom. The van der Waals surface area contributed by atoms with E-state index in [1.54, 1.807) is 0 Å². The van der Waals surface area contributed by atoms with Crippen molar-refractivity contribution in [3.8, 4) is 169 Å². The normalized spacial score (nSPS) is 10.6. The average molecular weight is 1480 g/mol. The standard InChI is InChI=1S/C99H60N3.Ir/c1-4-22-70(23-5-1)37-40-73-43-49-76(50-44-73)94-67-79(97-34-16-19-61-100-97)55-58-91(94)88-31-13-10-28-85(88)82-64-83(86-29-11-14-32-89(86)92-59-56-80(98-35-17-20-62-101-98)68-95(92)77-51-45-74(46-52-77)41-38-71-24-6-2-7-25-71)66-84(65-82)87-30-12-15-33-90(87)93-60-57-81(99-36-18-21-63-102-99)69-96(93)78-53-47-75(48-54-78)42-39-72-26-8-3-9-27-72;/h1-36,43-54,58-69H;/q-3;+3. The molecule has 4 heteroatoms. The zero-order chi connectivity index (χ0) is 68.2. The molecule has 0 aliphatic rings. The zero-order valence-electron chi connectivity index (χ0n) is 55.8. The van der Waals surface area contributed by atoms with Gasteiger partial charge in [-0.3, -0.25) is 0 Å². The second-order valence-electron chi connectivity index (χ2n) is 24.7. The molecular formula is C99H60IrN3. The number of rotatable bonds is 12. The second kappa shape index (κ2) is 30.8. The molecule has 0 unspecified atom stereocenters. The molecule has 0 radical (unpaired) electrons. The minimum absolute atomic E-state index is 0. The fraction of sp³-hybridized carbons (Fsp3) is 0. The number of pyridine rings is 3. The van der Waals surface area contributed by atoms with Gasteiger partial charge in [0, 0.05) is 52.0 Å². The molecular weight excluding hydrogens is 1420 g/mol. The Labute approximate surface area is 616 Å². The summed E-state index contributed by atoms with van der Waals surface area (Å²) < 4.78 is 0. The zero-order valence-corrected chi connectivity index (χ0v) is 58.2. The smallest absolute Gasteiger partial charge is 0.305 e. The Morgan fingerprint density at radius 2 is 0.417 bits per heavy atom. The van der Waals surface area contributed by atoms with E-state index in [1.165, 1.54) is 0 Å². The molecule has 16 aromatic rings. The van der Waals surface area contributed by atoms with Crippen LogP contribution in [0.4, 0.5) is 0 Å². The Hall–Kier alpha value is -13.4. The van der Waals surface area contributed by atoms with Gasteiger partial charge in [-0.05, 0) is 176 Å². The van der Waals surface area contributed by atoms with Crippen LogP contribution in [0.3, 0.4) is 0 Å². The monoisotopic (exact) mass is 1480 g/mol. The molecule has 0 saturated heterocycles. The molecule has 16 rings (SSSR count). The van der Waals surface area contributed by atoms with Crippen molar-refractivity contribution >= 4 is 0 Å². The van der Waals surface area contributed by atoms with E-state index in [1.807, 2.05) is 164 Å². The van der Waals surface area contributed by atoms with Crippen LogP contribution < -0.4 is 0 Å². The Morgan fingerprint density at radius 1 is 0.184 bits per heavy atom. The van der Waals surface area contributed by atoms with Crippen LogP contribution in [0, 0.1) is 53.7 Å². The van der Waals surface area contributed by atoms with E-state index in [2.05, 4.69) is 254 Å². The van der Waals surface area contributed by atoms with E-state index in [4.69, 9.17) is 15.0 Å². The maximum atomic E-state index is 4.81. The van der Waals surface area contributed by atoms with Crippen LogP contribution in [-0.4, -0.2) is 15.0 Å². The Bertz CT molecular complexity index is 5290. The van der Waals surface area contributed by atoms with Crippen molar-refractivity contribution in [1.29, 1.82) is 0 Å². The first-order chi connectivity index (χ1) is 50.5. The molecule has 0 fully saturated rings. The minimum Gasteiger partial charge on any atom is -0.305 e. The summed E-state index contributed by atoms with van der Waals surface area (Å²) in [6.07, 6.45) is 5.50. The van der Waals surface area contributed by atoms with E-state index in [0.29, 0.717) is 0 Å². The Balaban J connectivity index is 0.00000856. The molecule has 103 heavy (non-hydrogen) atoms. The van der Waals surface area contributed by atoms with Crippen molar-refractivity contribution in [3.63, 3.8) is 0 Å². The number of benzene rings is 13. The van der Waals surface area contributed by atoms with Gasteiger partial charge in [-0.15, -0.1) is 71.3 Å². The van der Waals surface area contributed by atoms with Crippen molar-refractivity contribution in [3.05, 3.63) is 416 Å². The number of nitrogens with zero attached hydrogens (tertiary/aromatic N) is 3. The summed E-state index contributed by atoms with van der Waals surface area (Å²) in [7, 11) is 0. The number of aromatic nitrogens is 3. The summed E-state index contributed by atoms with van der Waals surface area (Å²) in [6, 6.07) is 132. The first kappa shape index (κ1) is 65.6. The molecule has 0 amide bonds. The molecule has 0 bridgehead atoms. The van der Waals surface area contributed by atoms with E-state index in [0.717, 1.165) is 167 Å². The van der Waals surface area contributed by atoms with Gasteiger partial charge in [0.2, 0.25) is 0 Å². The summed E-state index contributed by atoms with van der Waals surface area (Å²) in [5, 5.41) is 0. The van der Waals surface area contributed by atoms with Crippen LogP contribution in [-0.2, 0) is 20.1 Å². The van der Waals surface area contributed by atoms with Crippen LogP contribution >= 0.6 is 0 Å². The first-order valence-corrected chi connectivity index (χ1v) is 33.9. The first-order valence-electron chi connectivity index (χ1n) is 33.9. The molecule has 0 spiro atoms. The van der Waals surface area contributed by atoms with Gasteiger partial charge in [0.1, 0.15) is 0 Å². The van der Waals surface area contributed by atoms with Gasteiger partial charge in [0.15, 0.2) is 0 Å². The van der Waals surface area contributed by atoms with Gasteiger partial charge in [-0.2, -0.15) is 0 Å². The SMILES string of the molecule is C(#Cc1ccc(-c2cc(-c3ccccn3)[c-]cc2-c2ccccc2-c2cc(-c3ccccc3-c3c[c-]c(-c4ccccn4)cc3-c3ccc(C#Cc4ccccc4)cc3)cc(-c3ccccc3-c3c[c-]c(-c4ccccn4)cc3-c3ccc(C#Cc4ccccc4)cc3)c2)cc1)c1ccccc1.[Ir+3]. The van der Waals surface area contributed by atoms with Gasteiger partial charge >= 0.3 is 20.1 Å². The summed E-state index contributed by atoms with van der Waals surface area (Å²) in [5.41, 5.74) is 29.6. The predicted molar refractivity (Wildman–Crippen MR) is 419 cm³/mol. The summed E-state index contributed by atoms with van der Waals surface area (Å²) in [6.45, 7) is 0. The summed E-state index contributed by atoms with van der Waals surface area (Å²) in [5.74, 6) is 20.2. The predicted octanol–water partition coefficient (Wildman–Crippen LogP) is 23.5. The fourth-order valence-electron chi connectivity index (χ4n) is 13.1. The van der Waals surface area contributed by atoms with Crippen molar-refractivity contribution in [2.24, 2.45) is 0 Å². The third-order valence-electron chi connectivity index (χ3n) is 18.2. The molecule has 0 N–H and O–H groups in total. The molecule has 3 aromatic heterocycles. The van der Waals surface area contributed by atoms with Gasteiger partial charge in [0.25, 0.3) is 0 Å². The average Bonchev–Trinajstić information content (AvgIpc) is 0.764. The molecule has 0 aliphatic carbocycles. The topological polar surface area (TPSA) is 38.7 Å². The van der Waals surface area contributed by atoms with E-state index < -0.39 is 0 Å². The summed E-state index contributed by atoms with van der Waals surface area (Å²) in [4.78, 5) is 14.4. The van der Waals surface area contributed by atoms with Crippen LogP contribution in [0.5, 0.6) is 0 Å². The second-order valence-corrected chi connectivity index (χ2v) is 24.7. The van der Waals surface area contributed by atoms with E-state index >= 15 is 0 Å². The quantitative estimate of drug-likeness (QED) is 0.0904. The molecule has 3 heterocycles. The minimum atomic E-state index is 0. The molecule has 0 aliphatic heterocycles. The number of hydrogen-bond acceptors (Lipinski definition) is 3. The molecule has 0 atom stereocenters. The van der Waals surface area contributed by atoms with Crippen LogP contribution in [0.2, 0.25) is 0 Å². The maximum Gasteiger partial charge on any atom is 3.00 e. The van der Waals surface area contributed by atoms with Crippen LogP contribution in [0.15, 0.2) is 364 Å². The van der Waals surface area contributed by atoms with Gasteiger partial charge in [-0.1, -0.05) is 286 Å². The van der Waals surface area contributed by atoms with Crippen molar-refractivity contribution in [1.82, 2.24) is 15.0 Å². The van der Waals surface area contributed by atoms with Crippen molar-refractivity contribution in [2.75, 3.05) is 0 Å². The van der Waals surface area contributed by atoms with Crippen molar-refractivity contribution in [2.45, 2.75) is 0 Å². The fourth-order valence-corrected chi connectivity index (χ4v) is 13.1. The molecule has 13 aromatic carbocycles. The molecule has 480 valence electrons. The van der Waals surface area contributed by atoms with Gasteiger partial charge in [0.05, 0.1) is 0 Å². The molecule has 3 nitrogen and oxygen atoms in total. The third kappa shape index (κ3) is 14.9.